The van der Waals surface area contributed by atoms with E-state index in [0.717, 1.165) is 45.4 Å². The van der Waals surface area contributed by atoms with E-state index in [1.165, 1.54) is 0 Å². The molecule has 0 aromatic heterocycles. The Labute approximate surface area is 173 Å². The highest BCUT2D eigenvalue weighted by Gasteiger charge is 2.48. The zero-order chi connectivity index (χ0) is 20.8. The van der Waals surface area contributed by atoms with Crippen LogP contribution in [0, 0.1) is 0 Å². The van der Waals surface area contributed by atoms with E-state index in [4.69, 9.17) is 4.74 Å². The zero-order valence-electron chi connectivity index (χ0n) is 17.9. The van der Waals surface area contributed by atoms with Gasteiger partial charge < -0.3 is 24.3 Å². The SMILES string of the molecule is CC(C)(C)OC(=O)N1CC2CC1CN2C(=O)CCC(=O)N1CCN2CCC1CC2. The summed E-state index contributed by atoms with van der Waals surface area (Å²) in [4.78, 5) is 46.0. The molecule has 8 nitrogen and oxygen atoms in total. The molecule has 0 saturated carbocycles. The number of likely N-dealkylation sites (tertiary alicyclic amines) is 2. The molecule has 5 heterocycles. The van der Waals surface area contributed by atoms with Crippen molar-refractivity contribution in [2.24, 2.45) is 0 Å². The molecule has 8 heteroatoms. The first kappa shape index (κ1) is 20.4. The maximum Gasteiger partial charge on any atom is 0.410 e. The van der Waals surface area contributed by atoms with Crippen LogP contribution < -0.4 is 0 Å². The van der Waals surface area contributed by atoms with Crippen molar-refractivity contribution in [2.75, 3.05) is 39.3 Å². The quantitative estimate of drug-likeness (QED) is 0.706. The Morgan fingerprint density at radius 3 is 1.97 bits per heavy atom. The number of carbonyl (C=O) groups is 3. The smallest absolute Gasteiger partial charge is 0.410 e. The van der Waals surface area contributed by atoms with Gasteiger partial charge in [-0.2, -0.15) is 0 Å². The number of rotatable bonds is 3. The van der Waals surface area contributed by atoms with Gasteiger partial charge in [-0.1, -0.05) is 0 Å². The molecule has 0 N–H and O–H groups in total. The van der Waals surface area contributed by atoms with Gasteiger partial charge in [-0.3, -0.25) is 9.59 Å². The second-order valence-electron chi connectivity index (χ2n) is 9.88. The molecule has 5 aliphatic rings. The molecular formula is C21H34N4O4. The Bertz CT molecular complexity index is 668. The number of piperidine rings is 1. The Kier molecular flexibility index (Phi) is 5.48. The number of amides is 3. The summed E-state index contributed by atoms with van der Waals surface area (Å²) in [5, 5.41) is 0. The van der Waals surface area contributed by atoms with Crippen molar-refractivity contribution in [1.82, 2.24) is 19.6 Å². The van der Waals surface area contributed by atoms with E-state index < -0.39 is 5.60 Å². The van der Waals surface area contributed by atoms with Crippen molar-refractivity contribution in [3.8, 4) is 0 Å². The van der Waals surface area contributed by atoms with Crippen LogP contribution in [0.25, 0.3) is 0 Å². The molecule has 0 radical (unpaired) electrons. The molecule has 2 unspecified atom stereocenters. The second-order valence-corrected chi connectivity index (χ2v) is 9.88. The second kappa shape index (κ2) is 7.78. The number of piperazine rings is 1. The van der Waals surface area contributed by atoms with E-state index in [1.807, 2.05) is 30.6 Å². The van der Waals surface area contributed by atoms with E-state index in [0.29, 0.717) is 25.6 Å². The number of fused-ring (bicyclic) bond motifs is 6. The monoisotopic (exact) mass is 406 g/mol. The van der Waals surface area contributed by atoms with Crippen LogP contribution in [0.3, 0.4) is 0 Å². The number of carbonyl (C=O) groups excluding carboxylic acids is 3. The lowest BCUT2D eigenvalue weighted by Crippen LogP contribution is -2.51. The van der Waals surface area contributed by atoms with Crippen molar-refractivity contribution >= 4 is 17.9 Å². The number of hydrogen-bond acceptors (Lipinski definition) is 5. The molecule has 5 saturated heterocycles. The van der Waals surface area contributed by atoms with Gasteiger partial charge in [0.25, 0.3) is 0 Å². The largest absolute Gasteiger partial charge is 0.444 e. The fraction of sp³-hybridized carbons (Fsp3) is 0.857. The molecule has 2 atom stereocenters. The zero-order valence-corrected chi connectivity index (χ0v) is 17.9. The van der Waals surface area contributed by atoms with E-state index in [9.17, 15) is 14.4 Å². The number of hydrogen-bond donors (Lipinski definition) is 0. The van der Waals surface area contributed by atoms with Crippen molar-refractivity contribution in [3.63, 3.8) is 0 Å². The normalized spacial score (nSPS) is 31.2. The molecule has 162 valence electrons. The molecule has 5 aliphatic heterocycles. The topological polar surface area (TPSA) is 73.4 Å². The van der Waals surface area contributed by atoms with Crippen molar-refractivity contribution < 1.29 is 19.1 Å². The molecule has 0 aromatic carbocycles. The summed E-state index contributed by atoms with van der Waals surface area (Å²) in [5.74, 6) is 0.157. The van der Waals surface area contributed by atoms with Crippen molar-refractivity contribution in [1.29, 1.82) is 0 Å². The molecule has 5 fully saturated rings. The van der Waals surface area contributed by atoms with Gasteiger partial charge in [-0.15, -0.1) is 0 Å². The van der Waals surface area contributed by atoms with Crippen LogP contribution in [0.5, 0.6) is 0 Å². The average Bonchev–Trinajstić information content (AvgIpc) is 3.14. The highest BCUT2D eigenvalue weighted by Crippen LogP contribution is 2.32. The number of ether oxygens (including phenoxy) is 1. The lowest BCUT2D eigenvalue weighted by Gasteiger charge is -2.35. The fourth-order valence-corrected chi connectivity index (χ4v) is 5.23. The Morgan fingerprint density at radius 2 is 1.38 bits per heavy atom. The minimum atomic E-state index is -0.515. The minimum absolute atomic E-state index is 0.0320. The van der Waals surface area contributed by atoms with Crippen molar-refractivity contribution in [2.45, 2.75) is 76.6 Å². The van der Waals surface area contributed by atoms with Gasteiger partial charge >= 0.3 is 6.09 Å². The fourth-order valence-electron chi connectivity index (χ4n) is 5.23. The molecular weight excluding hydrogens is 372 g/mol. The molecule has 3 amide bonds. The predicted molar refractivity (Wildman–Crippen MR) is 107 cm³/mol. The minimum Gasteiger partial charge on any atom is -0.444 e. The van der Waals surface area contributed by atoms with Gasteiger partial charge in [0.15, 0.2) is 0 Å². The highest BCUT2D eigenvalue weighted by atomic mass is 16.6. The van der Waals surface area contributed by atoms with Crippen LogP contribution in [0.4, 0.5) is 4.79 Å². The lowest BCUT2D eigenvalue weighted by atomic mass is 10.0. The van der Waals surface area contributed by atoms with E-state index >= 15 is 0 Å². The summed E-state index contributed by atoms with van der Waals surface area (Å²) in [7, 11) is 0. The summed E-state index contributed by atoms with van der Waals surface area (Å²) >= 11 is 0. The van der Waals surface area contributed by atoms with Crippen LogP contribution in [0.2, 0.25) is 0 Å². The molecule has 0 spiro atoms. The predicted octanol–water partition coefficient (Wildman–Crippen LogP) is 1.29. The first-order chi connectivity index (χ1) is 13.7. The Balaban J connectivity index is 1.25. The number of nitrogens with zero attached hydrogens (tertiary/aromatic N) is 4. The average molecular weight is 407 g/mol. The van der Waals surface area contributed by atoms with E-state index in [2.05, 4.69) is 4.90 Å². The van der Waals surface area contributed by atoms with E-state index in [-0.39, 0.29) is 36.4 Å². The van der Waals surface area contributed by atoms with Crippen LogP contribution in [-0.2, 0) is 14.3 Å². The maximum absolute atomic E-state index is 12.8. The Morgan fingerprint density at radius 1 is 0.793 bits per heavy atom. The first-order valence-corrected chi connectivity index (χ1v) is 11.0. The van der Waals surface area contributed by atoms with Gasteiger partial charge in [-0.05, 0) is 40.0 Å². The molecule has 29 heavy (non-hydrogen) atoms. The molecule has 4 bridgehead atoms. The van der Waals surface area contributed by atoms with E-state index in [1.54, 1.807) is 4.90 Å². The van der Waals surface area contributed by atoms with Crippen LogP contribution >= 0.6 is 0 Å². The van der Waals surface area contributed by atoms with Crippen LogP contribution in [0.1, 0.15) is 52.9 Å². The summed E-state index contributed by atoms with van der Waals surface area (Å²) in [6.45, 7) is 10.6. The maximum atomic E-state index is 12.8. The van der Waals surface area contributed by atoms with Crippen molar-refractivity contribution in [3.05, 3.63) is 0 Å². The molecule has 5 rings (SSSR count). The van der Waals surface area contributed by atoms with Gasteiger partial charge in [0.05, 0.1) is 12.1 Å². The van der Waals surface area contributed by atoms with Gasteiger partial charge in [0.2, 0.25) is 11.8 Å². The third kappa shape index (κ3) is 4.37. The van der Waals surface area contributed by atoms with Crippen LogP contribution in [-0.4, -0.2) is 101 Å². The molecule has 0 aliphatic carbocycles. The lowest BCUT2D eigenvalue weighted by molar-refractivity contribution is -0.139. The highest BCUT2D eigenvalue weighted by molar-refractivity contribution is 5.84. The summed E-state index contributed by atoms with van der Waals surface area (Å²) in [6, 6.07) is 0.433. The third-order valence-electron chi connectivity index (χ3n) is 6.72. The first-order valence-electron chi connectivity index (χ1n) is 11.0. The van der Waals surface area contributed by atoms with Gasteiger partial charge in [0, 0.05) is 58.2 Å². The summed E-state index contributed by atoms with van der Waals surface area (Å²) in [5.41, 5.74) is -0.515. The van der Waals surface area contributed by atoms with Crippen LogP contribution in [0.15, 0.2) is 0 Å². The third-order valence-corrected chi connectivity index (χ3v) is 6.72. The Hall–Kier alpha value is -1.83. The van der Waals surface area contributed by atoms with Gasteiger partial charge in [-0.25, -0.2) is 4.79 Å². The molecule has 0 aromatic rings. The summed E-state index contributed by atoms with van der Waals surface area (Å²) in [6.07, 6.45) is 3.18. The van der Waals surface area contributed by atoms with Gasteiger partial charge in [0.1, 0.15) is 5.60 Å². The summed E-state index contributed by atoms with van der Waals surface area (Å²) < 4.78 is 5.48. The standard InChI is InChI=1S/C21H34N4O4/c1-21(2,3)29-20(28)25-14-16-12-17(25)13-24(16)19(27)5-4-18(26)23-11-10-22-8-6-15(23)7-9-22/h15-17H,4-14H2,1-3H3.